The molecule has 2 aliphatic heterocycles. The Morgan fingerprint density at radius 1 is 0.722 bits per heavy atom. The third-order valence-electron chi connectivity index (χ3n) is 23.2. The predicted octanol–water partition coefficient (Wildman–Crippen LogP) is 9.82. The van der Waals surface area contributed by atoms with Gasteiger partial charge in [-0.3, -0.25) is 24.0 Å². The van der Waals surface area contributed by atoms with Crippen LogP contribution in [0.25, 0.3) is 33.4 Å². The van der Waals surface area contributed by atoms with Crippen LogP contribution in [0.5, 0.6) is 0 Å². The molecule has 702 valence electrons. The zero-order valence-electron chi connectivity index (χ0n) is 75.7. The lowest BCUT2D eigenvalue weighted by Gasteiger charge is -2.42. The SMILES string of the molecule is CO[C@@H](C[C@@H]1CC[C@@H](C)[C@](O)(C(=O)C(=O)N2CCCC[C@H]2C(=O)O)O1)/C(C)=C/C=C/C=C/[C@@H](C)C[C@@H](C)C(=O)[C@@H](C/C(C)=C/[C@@H](C)C(=O)CC[C@H](C)CC1CC[C@@H](OCCOCc2cn(CCOCCOCCOCCOCCOCCOCCOCCOCCC(=O)NCCCCn3nc(-c4ccc5oc(N)nc5c4)c4c(N)ncnc43)nn2)[C@H](OC)C1)OC. The molecule has 2 amide bonds. The maximum absolute atomic E-state index is 13.7. The van der Waals surface area contributed by atoms with Crippen molar-refractivity contribution in [2.75, 3.05) is 165 Å². The van der Waals surface area contributed by atoms with Crippen LogP contribution in [0, 0.1) is 35.5 Å². The van der Waals surface area contributed by atoms with Crippen molar-refractivity contribution in [1.82, 2.24) is 49.9 Å². The van der Waals surface area contributed by atoms with E-state index in [1.54, 1.807) is 43.7 Å². The van der Waals surface area contributed by atoms with Crippen LogP contribution < -0.4 is 16.8 Å². The third kappa shape index (κ3) is 34.6. The number of nitrogens with one attached hydrogen (secondary N) is 1. The van der Waals surface area contributed by atoms with E-state index in [9.17, 15) is 39.0 Å². The van der Waals surface area contributed by atoms with Crippen LogP contribution in [0.3, 0.4) is 0 Å². The number of aryl methyl sites for hydroxylation is 1. The molecular formula is C91H140N12O23. The fraction of sp³-hybridized carbons (Fsp3) is 0.692. The van der Waals surface area contributed by atoms with Gasteiger partial charge in [0.25, 0.3) is 17.7 Å². The number of hydrogen-bond acceptors (Lipinski definition) is 30. The molecular weight excluding hydrogens is 1630 g/mol. The summed E-state index contributed by atoms with van der Waals surface area (Å²) in [5.41, 5.74) is 17.8. The lowest BCUT2D eigenvalue weighted by Crippen LogP contribution is -2.60. The van der Waals surface area contributed by atoms with E-state index in [1.165, 1.54) is 6.33 Å². The number of amides is 2. The van der Waals surface area contributed by atoms with Crippen molar-refractivity contribution in [3.63, 3.8) is 0 Å². The smallest absolute Gasteiger partial charge is 0.326 e. The zero-order valence-corrected chi connectivity index (χ0v) is 75.7. The number of aliphatic carboxylic acids is 1. The van der Waals surface area contributed by atoms with Gasteiger partial charge in [0.2, 0.25) is 11.7 Å². The van der Waals surface area contributed by atoms with E-state index in [0.29, 0.717) is 242 Å². The number of nitrogens with zero attached hydrogens (tertiary/aromatic N) is 9. The van der Waals surface area contributed by atoms with Gasteiger partial charge in [0.15, 0.2) is 17.0 Å². The largest absolute Gasteiger partial charge is 0.480 e. The second-order valence-electron chi connectivity index (χ2n) is 33.2. The van der Waals surface area contributed by atoms with Gasteiger partial charge >= 0.3 is 5.97 Å². The number of carboxylic acids is 1. The van der Waals surface area contributed by atoms with Crippen molar-refractivity contribution in [3.8, 4) is 11.3 Å². The standard InChI is InChI=1S/C91H140N12O23/c1-62(18-12-11-13-19-65(4)78(112-8)58-72-25-22-68(7)91(111,126-72)85(107)88(108)102-31-16-14-20-74(102)89(109)110)52-67(6)84(106)80(114-10)55-64(3)53-66(5)75(104)26-21-63(2)54-69-23-27-77(79(56-69)113-9)124-51-50-123-60-71-59-101(100-98-71)33-35-116-37-39-118-41-43-120-45-47-122-49-48-121-46-44-119-42-40-117-38-36-115-34-29-81(105)94-30-15-17-32-103-87-82(86(92)95-61-96-87)83(99-103)70-24-28-76-73(57-70)97-90(93)125-76/h11-13,18-19,24,28,53,57,59,61-63,66-69,72,74,77-80,111H,14-17,20-23,25-27,29-52,54-56,58,60H2,1-10H3,(H2,93,97)(H,94,105)(H,109,110)(H2,92,95,96)/b13-11+,18-12+,64-53+,65-19+/t62-,63+,66-,67-,68-,69?,72+,74+,77-,78+,79-,80-,91-/m1/s1. The van der Waals surface area contributed by atoms with Crippen molar-refractivity contribution in [2.45, 2.75) is 220 Å². The van der Waals surface area contributed by atoms with Crippen LogP contribution in [0.1, 0.15) is 163 Å². The molecule has 8 rings (SSSR count). The Labute approximate surface area is 740 Å². The number of Topliss-reactive ketones (excluding diaryl/α,β-unsaturated/α-hetero) is 3. The number of aliphatic hydroxyl groups is 1. The number of piperidine rings is 1. The van der Waals surface area contributed by atoms with E-state index in [1.807, 2.05) is 82.5 Å². The number of unbranched alkanes of at least 4 members (excludes halogenated alkanes) is 1. The number of likely N-dealkylation sites (tertiary alicyclic amines) is 1. The van der Waals surface area contributed by atoms with Crippen LogP contribution in [-0.4, -0.2) is 286 Å². The van der Waals surface area contributed by atoms with Gasteiger partial charge in [0.05, 0.1) is 168 Å². The molecule has 2 saturated heterocycles. The van der Waals surface area contributed by atoms with E-state index in [-0.39, 0.29) is 72.8 Å². The maximum atomic E-state index is 13.7. The number of ether oxygens (including phenoxy) is 14. The monoisotopic (exact) mass is 1770 g/mol. The number of methoxy groups -OCH3 is 3. The van der Waals surface area contributed by atoms with E-state index in [4.69, 9.17) is 87.3 Å². The van der Waals surface area contributed by atoms with Crippen molar-refractivity contribution < 1.29 is 110 Å². The first kappa shape index (κ1) is 103. The molecule has 35 heteroatoms. The summed E-state index contributed by atoms with van der Waals surface area (Å²) in [5, 5.41) is 38.1. The number of aromatic nitrogens is 8. The van der Waals surface area contributed by atoms with Crippen LogP contribution in [-0.2, 0) is 115 Å². The van der Waals surface area contributed by atoms with Gasteiger partial charge in [-0.25, -0.2) is 24.1 Å². The molecule has 126 heavy (non-hydrogen) atoms. The summed E-state index contributed by atoms with van der Waals surface area (Å²) in [6.45, 7) is 23.3. The van der Waals surface area contributed by atoms with Gasteiger partial charge in [0, 0.05) is 90.0 Å². The number of hydrogen-bond donors (Lipinski definition) is 5. The molecule has 35 nitrogen and oxygen atoms in total. The molecule has 1 saturated carbocycles. The second kappa shape index (κ2) is 56.3. The van der Waals surface area contributed by atoms with Crippen LogP contribution in [0.2, 0.25) is 0 Å². The highest BCUT2D eigenvalue weighted by molar-refractivity contribution is 6.39. The quantitative estimate of drug-likeness (QED) is 0.0105. The lowest BCUT2D eigenvalue weighted by atomic mass is 9.79. The molecule has 4 aromatic heterocycles. The number of nitrogens with two attached hydrogens (primary N) is 2. The molecule has 6 heterocycles. The van der Waals surface area contributed by atoms with Gasteiger partial charge in [0.1, 0.15) is 47.0 Å². The minimum absolute atomic E-state index is 0.0198. The maximum Gasteiger partial charge on any atom is 0.326 e. The Hall–Kier alpha value is -8.24. The van der Waals surface area contributed by atoms with Crippen LogP contribution >= 0.6 is 0 Å². The van der Waals surface area contributed by atoms with Gasteiger partial charge in [-0.05, 0) is 139 Å². The van der Waals surface area contributed by atoms with Crippen molar-refractivity contribution >= 4 is 69.1 Å². The Balaban J connectivity index is 0.550. The molecule has 3 fully saturated rings. The number of benzene rings is 1. The lowest BCUT2D eigenvalue weighted by molar-refractivity contribution is -0.265. The van der Waals surface area contributed by atoms with E-state index >= 15 is 0 Å². The number of fused-ring (bicyclic) bond motifs is 2. The van der Waals surface area contributed by atoms with E-state index in [2.05, 4.69) is 44.4 Å². The summed E-state index contributed by atoms with van der Waals surface area (Å²) >= 11 is 0. The average Bonchev–Trinajstić information content (AvgIpc) is 1.17. The van der Waals surface area contributed by atoms with Crippen LogP contribution in [0.4, 0.5) is 11.8 Å². The topological polar surface area (TPSA) is 440 Å². The molecule has 0 radical (unpaired) electrons. The Bertz CT molecular complexity index is 4230. The second-order valence-corrected chi connectivity index (χ2v) is 33.2. The summed E-state index contributed by atoms with van der Waals surface area (Å²) in [4.78, 5) is 92.3. The number of carbonyl (C=O) groups is 6. The highest BCUT2D eigenvalue weighted by Crippen LogP contribution is 2.39. The fourth-order valence-electron chi connectivity index (χ4n) is 16.0. The number of carboxylic acid groups (broad SMARTS) is 1. The van der Waals surface area contributed by atoms with E-state index in [0.717, 1.165) is 72.2 Å². The fourth-order valence-corrected chi connectivity index (χ4v) is 16.0. The van der Waals surface area contributed by atoms with Gasteiger partial charge in [-0.1, -0.05) is 81.9 Å². The number of carbonyl (C=O) groups excluding carboxylic acids is 5. The number of allylic oxidation sites excluding steroid dienone is 6. The average molecular weight is 1770 g/mol. The summed E-state index contributed by atoms with van der Waals surface area (Å²) in [7, 11) is 4.87. The normalized spacial score (nSPS) is 20.6. The highest BCUT2D eigenvalue weighted by Gasteiger charge is 2.53. The summed E-state index contributed by atoms with van der Waals surface area (Å²) < 4.78 is 89.5. The summed E-state index contributed by atoms with van der Waals surface area (Å²) in [5.74, 6) is -5.61. The molecule has 3 aliphatic rings. The number of anilines is 2. The predicted molar refractivity (Wildman–Crippen MR) is 470 cm³/mol. The number of ketones is 3. The van der Waals surface area contributed by atoms with Crippen molar-refractivity contribution in [1.29, 1.82) is 0 Å². The number of oxazole rings is 1. The summed E-state index contributed by atoms with van der Waals surface area (Å²) in [6, 6.07) is 4.46. The molecule has 0 spiro atoms. The van der Waals surface area contributed by atoms with Crippen molar-refractivity contribution in [2.24, 2.45) is 35.5 Å². The molecule has 0 bridgehead atoms. The molecule has 13 atom stereocenters. The van der Waals surface area contributed by atoms with Gasteiger partial charge in [-0.15, -0.1) is 5.10 Å². The van der Waals surface area contributed by atoms with Crippen LogP contribution in [0.15, 0.2) is 82.7 Å². The molecule has 5 aromatic rings. The number of nitrogen functional groups attached to an aromatic ring is 2. The summed E-state index contributed by atoms with van der Waals surface area (Å²) in [6.07, 6.45) is 23.8. The first-order valence-corrected chi connectivity index (χ1v) is 44.8. The number of rotatable bonds is 64. The molecule has 1 aliphatic carbocycles. The van der Waals surface area contributed by atoms with Gasteiger partial charge < -0.3 is 103 Å². The third-order valence-corrected chi connectivity index (χ3v) is 23.2. The Morgan fingerprint density at radius 2 is 1.39 bits per heavy atom. The molecule has 1 aromatic carbocycles. The molecule has 1 unspecified atom stereocenters. The first-order chi connectivity index (χ1) is 60.9. The molecule has 7 N–H and O–H groups in total. The highest BCUT2D eigenvalue weighted by atomic mass is 16.6. The first-order valence-electron chi connectivity index (χ1n) is 44.8. The van der Waals surface area contributed by atoms with Crippen molar-refractivity contribution in [3.05, 3.63) is 84.0 Å². The Morgan fingerprint density at radius 3 is 2.06 bits per heavy atom. The van der Waals surface area contributed by atoms with E-state index < -0.39 is 53.7 Å². The minimum atomic E-state index is -2.38. The zero-order chi connectivity index (χ0) is 90.6. The van der Waals surface area contributed by atoms with Gasteiger partial charge in [-0.2, -0.15) is 10.1 Å². The minimum Gasteiger partial charge on any atom is -0.480 e. The Kier molecular flexibility index (Phi) is 46.1.